The molecule has 1 heteroatoms. The summed E-state index contributed by atoms with van der Waals surface area (Å²) in [6.45, 7) is 2.20. The summed E-state index contributed by atoms with van der Waals surface area (Å²) in [7, 11) is 0. The second-order valence-electron chi connectivity index (χ2n) is 4.21. The minimum atomic E-state index is -0.116. The molecule has 0 radical (unpaired) electrons. The normalized spacial score (nSPS) is 10.9. The highest BCUT2D eigenvalue weighted by Crippen LogP contribution is 2.22. The van der Waals surface area contributed by atoms with Gasteiger partial charge in [-0.05, 0) is 29.9 Å². The minimum absolute atomic E-state index is 0.116. The molecule has 0 aromatic heterocycles. The molecule has 84 valence electrons. The zero-order valence-corrected chi connectivity index (χ0v) is 9.67. The zero-order chi connectivity index (χ0) is 11.4. The van der Waals surface area contributed by atoms with Gasteiger partial charge in [0.05, 0.1) is 0 Å². The molecule has 0 N–H and O–H groups in total. The van der Waals surface area contributed by atoms with Gasteiger partial charge in [0.1, 0.15) is 5.82 Å². The van der Waals surface area contributed by atoms with Crippen LogP contribution in [-0.4, -0.2) is 0 Å². The van der Waals surface area contributed by atoms with Crippen LogP contribution in [0.25, 0.3) is 10.8 Å². The van der Waals surface area contributed by atoms with E-state index in [1.54, 1.807) is 6.07 Å². The first-order valence-electron chi connectivity index (χ1n) is 5.99. The molecule has 0 spiro atoms. The van der Waals surface area contributed by atoms with Gasteiger partial charge in [-0.1, -0.05) is 50.1 Å². The Balaban J connectivity index is 2.34. The molecule has 2 rings (SSSR count). The van der Waals surface area contributed by atoms with Crippen LogP contribution in [0.15, 0.2) is 36.4 Å². The predicted octanol–water partition coefficient (Wildman–Crippen LogP) is 4.71. The van der Waals surface area contributed by atoms with Gasteiger partial charge in [-0.2, -0.15) is 0 Å². The Morgan fingerprint density at radius 1 is 0.938 bits per heavy atom. The van der Waals surface area contributed by atoms with Gasteiger partial charge in [0, 0.05) is 5.39 Å². The lowest BCUT2D eigenvalue weighted by Gasteiger charge is -2.06. The van der Waals surface area contributed by atoms with Crippen molar-refractivity contribution < 1.29 is 4.39 Å². The van der Waals surface area contributed by atoms with Crippen molar-refractivity contribution in [2.75, 3.05) is 0 Å². The summed E-state index contributed by atoms with van der Waals surface area (Å²) < 4.78 is 13.6. The number of fused-ring (bicyclic) bond motifs is 1. The number of rotatable bonds is 4. The molecule has 0 nitrogen and oxygen atoms in total. The van der Waals surface area contributed by atoms with Crippen LogP contribution < -0.4 is 0 Å². The highest BCUT2D eigenvalue weighted by molar-refractivity contribution is 5.86. The van der Waals surface area contributed by atoms with Gasteiger partial charge in [-0.25, -0.2) is 4.39 Å². The molecule has 0 unspecified atom stereocenters. The van der Waals surface area contributed by atoms with Crippen LogP contribution in [0.3, 0.4) is 0 Å². The van der Waals surface area contributed by atoms with Crippen molar-refractivity contribution in [1.82, 2.24) is 0 Å². The molecule has 2 aromatic rings. The summed E-state index contributed by atoms with van der Waals surface area (Å²) in [5.41, 5.74) is 1.27. The van der Waals surface area contributed by atoms with Crippen molar-refractivity contribution in [3.63, 3.8) is 0 Å². The van der Waals surface area contributed by atoms with Crippen LogP contribution in [0.2, 0.25) is 0 Å². The molecule has 0 aliphatic carbocycles. The fourth-order valence-electron chi connectivity index (χ4n) is 2.12. The number of halogens is 1. The number of hydrogen-bond donors (Lipinski definition) is 0. The van der Waals surface area contributed by atoms with Gasteiger partial charge >= 0.3 is 0 Å². The van der Waals surface area contributed by atoms with Gasteiger partial charge in [0.2, 0.25) is 0 Å². The van der Waals surface area contributed by atoms with Crippen molar-refractivity contribution in [2.24, 2.45) is 0 Å². The molecule has 0 saturated carbocycles. The monoisotopic (exact) mass is 216 g/mol. The van der Waals surface area contributed by atoms with E-state index in [2.05, 4.69) is 13.0 Å². The molecule has 0 saturated heterocycles. The second-order valence-corrected chi connectivity index (χ2v) is 4.21. The number of benzene rings is 2. The maximum atomic E-state index is 13.6. The first-order valence-corrected chi connectivity index (χ1v) is 5.99. The van der Waals surface area contributed by atoms with Gasteiger partial charge in [0.25, 0.3) is 0 Å². The molecule has 0 bridgehead atoms. The van der Waals surface area contributed by atoms with Crippen LogP contribution in [0, 0.1) is 5.82 Å². The molecular weight excluding hydrogens is 199 g/mol. The van der Waals surface area contributed by atoms with Gasteiger partial charge in [-0.3, -0.25) is 0 Å². The van der Waals surface area contributed by atoms with E-state index in [-0.39, 0.29) is 5.82 Å². The topological polar surface area (TPSA) is 0 Å². The van der Waals surface area contributed by atoms with Crippen molar-refractivity contribution in [1.29, 1.82) is 0 Å². The van der Waals surface area contributed by atoms with E-state index < -0.39 is 0 Å². The van der Waals surface area contributed by atoms with E-state index in [0.29, 0.717) is 0 Å². The number of hydrogen-bond acceptors (Lipinski definition) is 0. The third-order valence-electron chi connectivity index (χ3n) is 3.01. The SMILES string of the molecule is CCCCCc1cccc2c(F)cccc12. The van der Waals surface area contributed by atoms with E-state index in [0.717, 1.165) is 17.2 Å². The third kappa shape index (κ3) is 2.24. The first-order chi connectivity index (χ1) is 7.83. The third-order valence-corrected chi connectivity index (χ3v) is 3.01. The molecule has 0 aliphatic rings. The van der Waals surface area contributed by atoms with Crippen LogP contribution >= 0.6 is 0 Å². The van der Waals surface area contributed by atoms with Crippen LogP contribution in [-0.2, 0) is 6.42 Å². The van der Waals surface area contributed by atoms with E-state index in [1.807, 2.05) is 18.2 Å². The molecule has 0 atom stereocenters. The summed E-state index contributed by atoms with van der Waals surface area (Å²) in [5.74, 6) is -0.116. The van der Waals surface area contributed by atoms with E-state index in [9.17, 15) is 4.39 Å². The fourth-order valence-corrected chi connectivity index (χ4v) is 2.12. The Morgan fingerprint density at radius 3 is 2.50 bits per heavy atom. The second kappa shape index (κ2) is 5.11. The molecule has 0 heterocycles. The Kier molecular flexibility index (Phi) is 3.55. The first kappa shape index (κ1) is 11.1. The van der Waals surface area contributed by atoms with Gasteiger partial charge in [0.15, 0.2) is 0 Å². The molecule has 0 fully saturated rings. The Hall–Kier alpha value is -1.37. The number of unbranched alkanes of at least 4 members (excludes halogenated alkanes) is 2. The Labute approximate surface area is 96.1 Å². The minimum Gasteiger partial charge on any atom is -0.206 e. The molecule has 2 aromatic carbocycles. The van der Waals surface area contributed by atoms with E-state index in [1.165, 1.54) is 30.9 Å². The summed E-state index contributed by atoms with van der Waals surface area (Å²) in [5, 5.41) is 1.81. The summed E-state index contributed by atoms with van der Waals surface area (Å²) in [4.78, 5) is 0. The lowest BCUT2D eigenvalue weighted by Crippen LogP contribution is -1.89. The zero-order valence-electron chi connectivity index (χ0n) is 9.67. The lowest BCUT2D eigenvalue weighted by atomic mass is 9.99. The maximum absolute atomic E-state index is 13.6. The van der Waals surface area contributed by atoms with Crippen LogP contribution in [0.4, 0.5) is 4.39 Å². The van der Waals surface area contributed by atoms with E-state index in [4.69, 9.17) is 0 Å². The van der Waals surface area contributed by atoms with Gasteiger partial charge in [-0.15, -0.1) is 0 Å². The van der Waals surface area contributed by atoms with Crippen molar-refractivity contribution in [3.05, 3.63) is 47.8 Å². The average molecular weight is 216 g/mol. The van der Waals surface area contributed by atoms with Crippen molar-refractivity contribution in [2.45, 2.75) is 32.6 Å². The molecular formula is C15H17F. The Morgan fingerprint density at radius 2 is 1.69 bits per heavy atom. The van der Waals surface area contributed by atoms with Crippen molar-refractivity contribution >= 4 is 10.8 Å². The Bertz CT molecular complexity index is 474. The quantitative estimate of drug-likeness (QED) is 0.649. The summed E-state index contributed by atoms with van der Waals surface area (Å²) >= 11 is 0. The largest absolute Gasteiger partial charge is 0.206 e. The molecule has 0 aliphatic heterocycles. The van der Waals surface area contributed by atoms with E-state index >= 15 is 0 Å². The summed E-state index contributed by atoms with van der Waals surface area (Å²) in [6, 6.07) is 11.2. The van der Waals surface area contributed by atoms with Gasteiger partial charge < -0.3 is 0 Å². The van der Waals surface area contributed by atoms with Crippen LogP contribution in [0.1, 0.15) is 31.7 Å². The highest BCUT2D eigenvalue weighted by Gasteiger charge is 2.03. The lowest BCUT2D eigenvalue weighted by molar-refractivity contribution is 0.639. The number of aryl methyl sites for hydroxylation is 1. The fraction of sp³-hybridized carbons (Fsp3) is 0.333. The predicted molar refractivity (Wildman–Crippen MR) is 67.1 cm³/mol. The molecule has 16 heavy (non-hydrogen) atoms. The highest BCUT2D eigenvalue weighted by atomic mass is 19.1. The summed E-state index contributed by atoms with van der Waals surface area (Å²) in [6.07, 6.45) is 4.70. The maximum Gasteiger partial charge on any atom is 0.131 e. The average Bonchev–Trinajstić information content (AvgIpc) is 2.31. The van der Waals surface area contributed by atoms with Crippen LogP contribution in [0.5, 0.6) is 0 Å². The van der Waals surface area contributed by atoms with Crippen molar-refractivity contribution in [3.8, 4) is 0 Å². The smallest absolute Gasteiger partial charge is 0.131 e. The standard InChI is InChI=1S/C15H17F/c1-2-3-4-7-12-8-5-10-14-13(12)9-6-11-15(14)16/h5-6,8-11H,2-4,7H2,1H3. The molecule has 0 amide bonds.